The van der Waals surface area contributed by atoms with Crippen LogP contribution < -0.4 is 10.6 Å². The monoisotopic (exact) mass is 340 g/mol. The SMILES string of the molecule is CCn1nc(C)c(CCNC(=O)c2cccc(C3CCNC3)c2)c1C. The Balaban J connectivity index is 1.59. The highest BCUT2D eigenvalue weighted by molar-refractivity contribution is 5.94. The first-order valence-electron chi connectivity index (χ1n) is 9.22. The second-order valence-corrected chi connectivity index (χ2v) is 6.79. The van der Waals surface area contributed by atoms with E-state index in [1.165, 1.54) is 16.8 Å². The van der Waals surface area contributed by atoms with E-state index in [0.717, 1.165) is 43.7 Å². The molecule has 2 N–H and O–H groups in total. The van der Waals surface area contributed by atoms with Crippen LogP contribution in [0.1, 0.15) is 52.1 Å². The van der Waals surface area contributed by atoms with Crippen molar-refractivity contribution in [2.45, 2.75) is 46.1 Å². The average molecular weight is 340 g/mol. The summed E-state index contributed by atoms with van der Waals surface area (Å²) < 4.78 is 2.02. The van der Waals surface area contributed by atoms with Gasteiger partial charge in [-0.1, -0.05) is 12.1 Å². The van der Waals surface area contributed by atoms with Crippen LogP contribution in [0.15, 0.2) is 24.3 Å². The number of nitrogens with one attached hydrogen (secondary N) is 2. The topological polar surface area (TPSA) is 59.0 Å². The molecule has 5 nitrogen and oxygen atoms in total. The zero-order valence-corrected chi connectivity index (χ0v) is 15.4. The Labute approximate surface area is 149 Å². The molecule has 0 spiro atoms. The van der Waals surface area contributed by atoms with Crippen molar-refractivity contribution in [2.24, 2.45) is 0 Å². The van der Waals surface area contributed by atoms with E-state index >= 15 is 0 Å². The largest absolute Gasteiger partial charge is 0.352 e. The predicted molar refractivity (Wildman–Crippen MR) is 100 cm³/mol. The lowest BCUT2D eigenvalue weighted by Crippen LogP contribution is -2.26. The second kappa shape index (κ2) is 7.83. The van der Waals surface area contributed by atoms with Gasteiger partial charge in [-0.05, 0) is 69.3 Å². The van der Waals surface area contributed by atoms with Crippen LogP contribution in [0.4, 0.5) is 0 Å². The zero-order chi connectivity index (χ0) is 17.8. The summed E-state index contributed by atoms with van der Waals surface area (Å²) >= 11 is 0. The van der Waals surface area contributed by atoms with Crippen LogP contribution in [0, 0.1) is 13.8 Å². The van der Waals surface area contributed by atoms with Crippen LogP contribution in [0.2, 0.25) is 0 Å². The van der Waals surface area contributed by atoms with E-state index in [9.17, 15) is 4.79 Å². The molecule has 3 rings (SSSR count). The number of aryl methyl sites for hydroxylation is 2. The summed E-state index contributed by atoms with van der Waals surface area (Å²) in [4.78, 5) is 12.5. The average Bonchev–Trinajstić information content (AvgIpc) is 3.25. The number of hydrogen-bond donors (Lipinski definition) is 2. The molecule has 25 heavy (non-hydrogen) atoms. The number of carbonyl (C=O) groups excluding carboxylic acids is 1. The Kier molecular flexibility index (Phi) is 5.53. The maximum absolute atomic E-state index is 12.5. The lowest BCUT2D eigenvalue weighted by Gasteiger charge is -2.11. The maximum atomic E-state index is 12.5. The van der Waals surface area contributed by atoms with Crippen molar-refractivity contribution in [1.82, 2.24) is 20.4 Å². The Morgan fingerprint density at radius 3 is 2.92 bits per heavy atom. The molecule has 1 fully saturated rings. The van der Waals surface area contributed by atoms with Crippen LogP contribution in [0.5, 0.6) is 0 Å². The Hall–Kier alpha value is -2.14. The van der Waals surface area contributed by atoms with Crippen LogP contribution in [-0.2, 0) is 13.0 Å². The molecule has 2 aromatic rings. The van der Waals surface area contributed by atoms with Crippen molar-refractivity contribution >= 4 is 5.91 Å². The first-order chi connectivity index (χ1) is 12.1. The molecule has 1 aliphatic heterocycles. The van der Waals surface area contributed by atoms with Gasteiger partial charge in [0.2, 0.25) is 0 Å². The van der Waals surface area contributed by atoms with E-state index in [0.29, 0.717) is 12.5 Å². The summed E-state index contributed by atoms with van der Waals surface area (Å²) in [5, 5.41) is 11.0. The van der Waals surface area contributed by atoms with Gasteiger partial charge in [-0.25, -0.2) is 0 Å². The van der Waals surface area contributed by atoms with E-state index < -0.39 is 0 Å². The molecule has 134 valence electrons. The number of benzene rings is 1. The molecule has 0 aliphatic carbocycles. The van der Waals surface area contributed by atoms with Crippen molar-refractivity contribution in [3.05, 3.63) is 52.3 Å². The standard InChI is InChI=1S/C20H28N4O/c1-4-24-15(3)19(14(2)23-24)9-11-22-20(25)17-7-5-6-16(12-17)18-8-10-21-13-18/h5-7,12,18,21H,4,8-11,13H2,1-3H3,(H,22,25). The minimum atomic E-state index is 0.00555. The third kappa shape index (κ3) is 3.93. The van der Waals surface area contributed by atoms with Crippen molar-refractivity contribution in [3.8, 4) is 0 Å². The van der Waals surface area contributed by atoms with Crippen LogP contribution in [-0.4, -0.2) is 35.3 Å². The van der Waals surface area contributed by atoms with Gasteiger partial charge in [0, 0.05) is 30.9 Å². The fraction of sp³-hybridized carbons (Fsp3) is 0.500. The predicted octanol–water partition coefficient (Wildman–Crippen LogP) is 2.57. The van der Waals surface area contributed by atoms with E-state index in [1.807, 2.05) is 29.8 Å². The minimum absolute atomic E-state index is 0.00555. The van der Waals surface area contributed by atoms with Crippen molar-refractivity contribution < 1.29 is 4.79 Å². The van der Waals surface area contributed by atoms with Gasteiger partial charge in [0.1, 0.15) is 0 Å². The van der Waals surface area contributed by atoms with Gasteiger partial charge in [-0.2, -0.15) is 5.10 Å². The first kappa shape index (κ1) is 17.7. The first-order valence-corrected chi connectivity index (χ1v) is 9.22. The van der Waals surface area contributed by atoms with Gasteiger partial charge in [0.05, 0.1) is 5.69 Å². The molecule has 0 radical (unpaired) electrons. The fourth-order valence-electron chi connectivity index (χ4n) is 3.68. The lowest BCUT2D eigenvalue weighted by molar-refractivity contribution is 0.0954. The highest BCUT2D eigenvalue weighted by atomic mass is 16.1. The van der Waals surface area contributed by atoms with Gasteiger partial charge < -0.3 is 10.6 Å². The highest BCUT2D eigenvalue weighted by Crippen LogP contribution is 2.23. The molecule has 0 bridgehead atoms. The molecule has 1 atom stereocenters. The molecule has 1 amide bonds. The maximum Gasteiger partial charge on any atom is 0.251 e. The van der Waals surface area contributed by atoms with Gasteiger partial charge in [0.15, 0.2) is 0 Å². The summed E-state index contributed by atoms with van der Waals surface area (Å²) in [5.74, 6) is 0.531. The number of amides is 1. The van der Waals surface area contributed by atoms with E-state index in [-0.39, 0.29) is 5.91 Å². The minimum Gasteiger partial charge on any atom is -0.352 e. The molecule has 1 aliphatic rings. The molecule has 2 heterocycles. The zero-order valence-electron chi connectivity index (χ0n) is 15.4. The molecular weight excluding hydrogens is 312 g/mol. The Morgan fingerprint density at radius 1 is 1.40 bits per heavy atom. The van der Waals surface area contributed by atoms with Gasteiger partial charge in [-0.3, -0.25) is 9.48 Å². The smallest absolute Gasteiger partial charge is 0.251 e. The van der Waals surface area contributed by atoms with Gasteiger partial charge in [-0.15, -0.1) is 0 Å². The molecular formula is C20H28N4O. The Morgan fingerprint density at radius 2 is 2.24 bits per heavy atom. The summed E-state index contributed by atoms with van der Waals surface area (Å²) in [7, 11) is 0. The highest BCUT2D eigenvalue weighted by Gasteiger charge is 2.18. The van der Waals surface area contributed by atoms with Gasteiger partial charge in [0.25, 0.3) is 5.91 Å². The number of rotatable bonds is 6. The molecule has 0 saturated carbocycles. The molecule has 1 aromatic heterocycles. The summed E-state index contributed by atoms with van der Waals surface area (Å²) in [6.45, 7) is 9.80. The van der Waals surface area contributed by atoms with Crippen LogP contribution in [0.25, 0.3) is 0 Å². The quantitative estimate of drug-likeness (QED) is 0.850. The number of aromatic nitrogens is 2. The Bertz CT molecular complexity index is 744. The summed E-state index contributed by atoms with van der Waals surface area (Å²) in [6, 6.07) is 8.05. The van der Waals surface area contributed by atoms with E-state index in [1.54, 1.807) is 0 Å². The lowest BCUT2D eigenvalue weighted by atomic mass is 9.96. The summed E-state index contributed by atoms with van der Waals surface area (Å²) in [5.41, 5.74) is 5.51. The fourth-order valence-corrected chi connectivity index (χ4v) is 3.68. The summed E-state index contributed by atoms with van der Waals surface area (Å²) in [6.07, 6.45) is 1.96. The number of hydrogen-bond acceptors (Lipinski definition) is 3. The third-order valence-electron chi connectivity index (χ3n) is 5.17. The van der Waals surface area contributed by atoms with Crippen molar-refractivity contribution in [1.29, 1.82) is 0 Å². The molecule has 1 unspecified atom stereocenters. The molecule has 5 heteroatoms. The molecule has 1 aromatic carbocycles. The van der Waals surface area contributed by atoms with Crippen LogP contribution >= 0.6 is 0 Å². The van der Waals surface area contributed by atoms with Gasteiger partial charge >= 0.3 is 0 Å². The number of carbonyl (C=O) groups is 1. The van der Waals surface area contributed by atoms with Crippen LogP contribution in [0.3, 0.4) is 0 Å². The molecule has 1 saturated heterocycles. The number of nitrogens with zero attached hydrogens (tertiary/aromatic N) is 2. The third-order valence-corrected chi connectivity index (χ3v) is 5.17. The normalized spacial score (nSPS) is 17.0. The second-order valence-electron chi connectivity index (χ2n) is 6.79. The van der Waals surface area contributed by atoms with Crippen molar-refractivity contribution in [3.63, 3.8) is 0 Å². The van der Waals surface area contributed by atoms with E-state index in [2.05, 4.69) is 35.6 Å². The van der Waals surface area contributed by atoms with E-state index in [4.69, 9.17) is 0 Å². The van der Waals surface area contributed by atoms with Crippen molar-refractivity contribution in [2.75, 3.05) is 19.6 Å².